The van der Waals surface area contributed by atoms with Gasteiger partial charge in [-0.3, -0.25) is 4.72 Å². The minimum absolute atomic E-state index is 0.230. The number of aliphatic hydroxyl groups is 1. The number of hydrogen-bond donors (Lipinski definition) is 4. The van der Waals surface area contributed by atoms with Gasteiger partial charge in [-0.2, -0.15) is 0 Å². The molecule has 0 amide bonds. The van der Waals surface area contributed by atoms with E-state index in [0.29, 0.717) is 36.0 Å². The van der Waals surface area contributed by atoms with E-state index in [0.717, 1.165) is 22.7 Å². The fraction of sp³-hybridized carbons (Fsp3) is 0.348. The summed E-state index contributed by atoms with van der Waals surface area (Å²) in [6.07, 6.45) is -0.500. The molecule has 10 nitrogen and oxygen atoms in total. The molecule has 34 heavy (non-hydrogen) atoms. The third-order valence-corrected chi connectivity index (χ3v) is 5.50. The maximum absolute atomic E-state index is 11.6. The van der Waals surface area contributed by atoms with Crippen molar-refractivity contribution < 1.29 is 32.5 Å². The zero-order chi connectivity index (χ0) is 24.7. The van der Waals surface area contributed by atoms with Gasteiger partial charge in [0.1, 0.15) is 12.4 Å². The predicted molar refractivity (Wildman–Crippen MR) is 129 cm³/mol. The minimum Gasteiger partial charge on any atom is -0.492 e. The van der Waals surface area contributed by atoms with Gasteiger partial charge in [0, 0.05) is 35.8 Å². The van der Waals surface area contributed by atoms with Crippen LogP contribution in [0.3, 0.4) is 0 Å². The second-order valence-corrected chi connectivity index (χ2v) is 9.39. The zero-order valence-corrected chi connectivity index (χ0v) is 20.1. The van der Waals surface area contributed by atoms with Crippen molar-refractivity contribution in [2.45, 2.75) is 20.0 Å². The van der Waals surface area contributed by atoms with Crippen LogP contribution in [0.25, 0.3) is 10.9 Å². The molecule has 11 heteroatoms. The first-order chi connectivity index (χ1) is 16.2. The number of sulfonamides is 1. The molecule has 0 radical (unpaired) electrons. The molecule has 184 valence electrons. The van der Waals surface area contributed by atoms with Crippen molar-refractivity contribution >= 4 is 32.8 Å². The van der Waals surface area contributed by atoms with Gasteiger partial charge < -0.3 is 29.6 Å². The van der Waals surface area contributed by atoms with E-state index in [2.05, 4.69) is 15.0 Å². The van der Waals surface area contributed by atoms with Gasteiger partial charge in [-0.1, -0.05) is 12.1 Å². The summed E-state index contributed by atoms with van der Waals surface area (Å²) in [6, 6.07) is 12.1. The molecule has 0 spiro atoms. The Balaban J connectivity index is 1.48. The first-order valence-electron chi connectivity index (χ1n) is 10.7. The van der Waals surface area contributed by atoms with E-state index in [1.54, 1.807) is 31.2 Å². The number of anilines is 1. The number of benzene rings is 2. The minimum atomic E-state index is -3.39. The second-order valence-electron chi connectivity index (χ2n) is 7.64. The van der Waals surface area contributed by atoms with Gasteiger partial charge in [-0.05, 0) is 43.7 Å². The van der Waals surface area contributed by atoms with Crippen molar-refractivity contribution in [2.75, 3.05) is 37.3 Å². The molecular weight excluding hydrogens is 462 g/mol. The molecule has 0 aliphatic rings. The second kappa shape index (κ2) is 11.2. The topological polar surface area (TPSA) is 139 Å². The number of carbonyl (C=O) groups is 1. The Bertz CT molecular complexity index is 1240. The van der Waals surface area contributed by atoms with Gasteiger partial charge in [-0.15, -0.1) is 0 Å². The fourth-order valence-electron chi connectivity index (χ4n) is 3.34. The number of nitrogens with one attached hydrogen (secondary N) is 3. The molecule has 0 bridgehead atoms. The Morgan fingerprint density at radius 3 is 2.74 bits per heavy atom. The lowest BCUT2D eigenvalue weighted by atomic mass is 10.1. The summed E-state index contributed by atoms with van der Waals surface area (Å²) in [5.41, 5.74) is 2.55. The number of fused-ring (bicyclic) bond motifs is 1. The number of aryl methyl sites for hydroxylation is 1. The number of aromatic nitrogens is 1. The van der Waals surface area contributed by atoms with Gasteiger partial charge in [0.2, 0.25) is 15.9 Å². The molecule has 3 aromatic rings. The molecule has 0 unspecified atom stereocenters. The number of aliphatic hydroxyl groups excluding tert-OH is 1. The van der Waals surface area contributed by atoms with Gasteiger partial charge in [0.25, 0.3) is 0 Å². The van der Waals surface area contributed by atoms with Crippen LogP contribution in [0, 0.1) is 6.92 Å². The van der Waals surface area contributed by atoms with E-state index in [-0.39, 0.29) is 13.2 Å². The lowest BCUT2D eigenvalue weighted by Crippen LogP contribution is -2.26. The summed E-state index contributed by atoms with van der Waals surface area (Å²) in [6.45, 7) is 4.89. The van der Waals surface area contributed by atoms with Crippen molar-refractivity contribution in [1.82, 2.24) is 10.3 Å². The first kappa shape index (κ1) is 25.3. The highest BCUT2D eigenvalue weighted by Gasteiger charge is 2.14. The number of carbonyl (C=O) groups excluding carboxylic acids is 1. The molecule has 0 saturated carbocycles. The summed E-state index contributed by atoms with van der Waals surface area (Å²) >= 11 is 0. The Hall–Kier alpha value is -3.28. The van der Waals surface area contributed by atoms with E-state index in [1.165, 1.54) is 0 Å². The third-order valence-electron chi connectivity index (χ3n) is 4.89. The number of H-pyrrole nitrogens is 1. The summed E-state index contributed by atoms with van der Waals surface area (Å²) in [5.74, 6) is 0.968. The van der Waals surface area contributed by atoms with E-state index >= 15 is 0 Å². The van der Waals surface area contributed by atoms with Crippen LogP contribution in [-0.2, 0) is 14.8 Å². The molecule has 0 saturated heterocycles. The molecule has 4 N–H and O–H groups in total. The first-order valence-corrected chi connectivity index (χ1v) is 12.6. The van der Waals surface area contributed by atoms with Gasteiger partial charge in [0.15, 0.2) is 0 Å². The largest absolute Gasteiger partial charge is 0.515 e. The maximum Gasteiger partial charge on any atom is 0.515 e. The standard InChI is InChI=1S/C23H29N3O7S/c1-4-31-23(28)33-22-15(2)19-9-8-18(13-20(19)25-22)32-11-10-24-14-21(27)16-6-5-7-17(12-16)26-34(3,29)30/h5-9,12-13,21,24-27H,4,10-11,14H2,1-3H3/t21-/m0/s1. The van der Waals surface area contributed by atoms with Crippen molar-refractivity contribution in [2.24, 2.45) is 0 Å². The predicted octanol–water partition coefficient (Wildman–Crippen LogP) is 3.09. The van der Waals surface area contributed by atoms with Crippen LogP contribution in [0.15, 0.2) is 42.5 Å². The average molecular weight is 492 g/mol. The Labute approximate surface area is 198 Å². The quantitative estimate of drug-likeness (QED) is 0.237. The van der Waals surface area contributed by atoms with E-state index in [1.807, 2.05) is 25.1 Å². The van der Waals surface area contributed by atoms with Crippen LogP contribution in [0.4, 0.5) is 10.5 Å². The normalized spacial score (nSPS) is 12.4. The highest BCUT2D eigenvalue weighted by Crippen LogP contribution is 2.30. The van der Waals surface area contributed by atoms with Gasteiger partial charge in [-0.25, -0.2) is 13.2 Å². The Morgan fingerprint density at radius 1 is 1.21 bits per heavy atom. The molecule has 3 rings (SSSR count). The van der Waals surface area contributed by atoms with Crippen LogP contribution in [0.1, 0.15) is 24.2 Å². The van der Waals surface area contributed by atoms with Crippen molar-refractivity contribution in [3.8, 4) is 11.6 Å². The molecular formula is C23H29N3O7S. The van der Waals surface area contributed by atoms with Crippen molar-refractivity contribution in [3.63, 3.8) is 0 Å². The molecule has 1 aromatic heterocycles. The zero-order valence-electron chi connectivity index (χ0n) is 19.3. The van der Waals surface area contributed by atoms with E-state index in [9.17, 15) is 18.3 Å². The van der Waals surface area contributed by atoms with Crippen molar-refractivity contribution in [1.29, 1.82) is 0 Å². The monoisotopic (exact) mass is 491 g/mol. The molecule has 1 atom stereocenters. The fourth-order valence-corrected chi connectivity index (χ4v) is 3.89. The van der Waals surface area contributed by atoms with Gasteiger partial charge >= 0.3 is 6.16 Å². The average Bonchev–Trinajstić information content (AvgIpc) is 3.07. The van der Waals surface area contributed by atoms with Crippen LogP contribution < -0.4 is 19.5 Å². The van der Waals surface area contributed by atoms with Crippen LogP contribution in [0.5, 0.6) is 11.6 Å². The van der Waals surface area contributed by atoms with E-state index < -0.39 is 22.3 Å². The third kappa shape index (κ3) is 7.11. The SMILES string of the molecule is CCOC(=O)Oc1[nH]c2cc(OCCNC[C@H](O)c3cccc(NS(C)(=O)=O)c3)ccc2c1C. The Kier molecular flexibility index (Phi) is 8.37. The van der Waals surface area contributed by atoms with E-state index in [4.69, 9.17) is 14.2 Å². The summed E-state index contributed by atoms with van der Waals surface area (Å²) in [5, 5.41) is 14.4. The Morgan fingerprint density at radius 2 is 2.00 bits per heavy atom. The van der Waals surface area contributed by atoms with Crippen LogP contribution >= 0.6 is 0 Å². The van der Waals surface area contributed by atoms with Crippen LogP contribution in [0.2, 0.25) is 0 Å². The van der Waals surface area contributed by atoms with Crippen LogP contribution in [-0.4, -0.2) is 57.2 Å². The number of hydrogen-bond acceptors (Lipinski definition) is 8. The maximum atomic E-state index is 11.6. The molecule has 2 aromatic carbocycles. The van der Waals surface area contributed by atoms with Gasteiger partial charge in [0.05, 0.1) is 24.5 Å². The molecule has 0 fully saturated rings. The number of ether oxygens (including phenoxy) is 3. The summed E-state index contributed by atoms with van der Waals surface area (Å²) in [4.78, 5) is 14.6. The summed E-state index contributed by atoms with van der Waals surface area (Å²) in [7, 11) is -3.39. The molecule has 0 aliphatic carbocycles. The molecule has 1 heterocycles. The smallest absolute Gasteiger partial charge is 0.492 e. The lowest BCUT2D eigenvalue weighted by Gasteiger charge is -2.14. The molecule has 0 aliphatic heterocycles. The highest BCUT2D eigenvalue weighted by molar-refractivity contribution is 7.92. The summed E-state index contributed by atoms with van der Waals surface area (Å²) < 4.78 is 40.9. The lowest BCUT2D eigenvalue weighted by molar-refractivity contribution is 0.103. The number of aromatic amines is 1. The number of rotatable bonds is 11. The van der Waals surface area contributed by atoms with Crippen molar-refractivity contribution in [3.05, 3.63) is 53.6 Å². The highest BCUT2D eigenvalue weighted by atomic mass is 32.2.